The highest BCUT2D eigenvalue weighted by Crippen LogP contribution is 2.16. The molecule has 1 aliphatic heterocycles. The highest BCUT2D eigenvalue weighted by Gasteiger charge is 2.20. The van der Waals surface area contributed by atoms with Crippen LogP contribution in [0, 0.1) is 0 Å². The van der Waals surface area contributed by atoms with Crippen LogP contribution in [0.2, 0.25) is 0 Å². The van der Waals surface area contributed by atoms with E-state index in [9.17, 15) is 9.59 Å². The number of carbonyl (C=O) groups is 2. The van der Waals surface area contributed by atoms with Gasteiger partial charge in [0.15, 0.2) is 0 Å². The molecule has 5 nitrogen and oxygen atoms in total. The molecule has 0 aromatic carbocycles. The van der Waals surface area contributed by atoms with E-state index in [2.05, 4.69) is 10.1 Å². The summed E-state index contributed by atoms with van der Waals surface area (Å²) in [6.07, 6.45) is 3.26. The van der Waals surface area contributed by atoms with Gasteiger partial charge in [0, 0.05) is 18.8 Å². The second-order valence-corrected chi connectivity index (χ2v) is 2.89. The maximum atomic E-state index is 11.3. The van der Waals surface area contributed by atoms with Crippen LogP contribution < -0.4 is 5.32 Å². The average molecular weight is 211 g/mol. The van der Waals surface area contributed by atoms with Gasteiger partial charge in [0.05, 0.1) is 24.9 Å². The van der Waals surface area contributed by atoms with E-state index in [-0.39, 0.29) is 6.42 Å². The molecule has 0 aliphatic carbocycles. The van der Waals surface area contributed by atoms with E-state index in [1.54, 1.807) is 6.92 Å². The fraction of sp³-hybridized carbons (Fsp3) is 0.400. The van der Waals surface area contributed by atoms with Crippen LogP contribution in [0.15, 0.2) is 23.5 Å². The number of nitrogens with one attached hydrogen (secondary N) is 1. The third kappa shape index (κ3) is 2.83. The van der Waals surface area contributed by atoms with Crippen molar-refractivity contribution in [3.05, 3.63) is 23.5 Å². The van der Waals surface area contributed by atoms with Crippen LogP contribution in [0.1, 0.15) is 13.3 Å². The first-order chi connectivity index (χ1) is 7.19. The Hall–Kier alpha value is -1.78. The third-order valence-electron chi connectivity index (χ3n) is 1.88. The Kier molecular flexibility index (Phi) is 3.91. The van der Waals surface area contributed by atoms with Crippen LogP contribution in [0.3, 0.4) is 0 Å². The van der Waals surface area contributed by atoms with Gasteiger partial charge < -0.3 is 14.8 Å². The van der Waals surface area contributed by atoms with E-state index in [1.165, 1.54) is 19.5 Å². The molecule has 15 heavy (non-hydrogen) atoms. The summed E-state index contributed by atoms with van der Waals surface area (Å²) in [6.45, 7) is 2.04. The topological polar surface area (TPSA) is 64.6 Å². The molecular weight excluding hydrogens is 198 g/mol. The summed E-state index contributed by atoms with van der Waals surface area (Å²) >= 11 is 0. The molecule has 0 spiro atoms. The van der Waals surface area contributed by atoms with Crippen molar-refractivity contribution in [2.24, 2.45) is 0 Å². The molecule has 0 saturated carbocycles. The molecule has 0 atom stereocenters. The largest absolute Gasteiger partial charge is 0.466 e. The summed E-state index contributed by atoms with van der Waals surface area (Å²) in [7, 11) is 1.30. The van der Waals surface area contributed by atoms with E-state index >= 15 is 0 Å². The molecule has 5 heteroatoms. The van der Waals surface area contributed by atoms with Gasteiger partial charge in [-0.1, -0.05) is 0 Å². The van der Waals surface area contributed by atoms with E-state index in [4.69, 9.17) is 4.74 Å². The molecule has 1 rings (SSSR count). The second kappa shape index (κ2) is 5.19. The number of esters is 2. The van der Waals surface area contributed by atoms with E-state index in [0.717, 1.165) is 0 Å². The minimum Gasteiger partial charge on any atom is -0.466 e. The normalized spacial score (nSPS) is 14.5. The molecule has 1 N–H and O–H groups in total. The standard InChI is InChI=1S/C10H13NO4/c1-3-15-10(13)8-4-7(5-11-6-8)9(12)14-2/h5-6,11H,3-4H2,1-2H3. The van der Waals surface area contributed by atoms with Crippen LogP contribution in [0.5, 0.6) is 0 Å². The Labute approximate surface area is 87.7 Å². The Balaban J connectivity index is 2.63. The zero-order valence-corrected chi connectivity index (χ0v) is 8.70. The SMILES string of the molecule is CCOC(=O)C1=CNC=C(C(=O)OC)C1. The lowest BCUT2D eigenvalue weighted by atomic mass is 10.1. The molecule has 0 radical (unpaired) electrons. The number of rotatable bonds is 3. The molecule has 0 fully saturated rings. The fourth-order valence-electron chi connectivity index (χ4n) is 1.17. The molecule has 0 aromatic heterocycles. The number of hydrogen-bond acceptors (Lipinski definition) is 5. The van der Waals surface area contributed by atoms with Crippen molar-refractivity contribution in [3.63, 3.8) is 0 Å². The van der Waals surface area contributed by atoms with Gasteiger partial charge in [0.1, 0.15) is 0 Å². The summed E-state index contributed by atoms with van der Waals surface area (Å²) in [4.78, 5) is 22.5. The van der Waals surface area contributed by atoms with Crippen molar-refractivity contribution in [1.29, 1.82) is 0 Å². The molecule has 1 aliphatic rings. The van der Waals surface area contributed by atoms with Gasteiger partial charge in [-0.2, -0.15) is 0 Å². The maximum absolute atomic E-state index is 11.3. The predicted octanol–water partition coefficient (Wildman–Crippen LogP) is 0.484. The minimum absolute atomic E-state index is 0.235. The minimum atomic E-state index is -0.447. The first-order valence-corrected chi connectivity index (χ1v) is 4.58. The van der Waals surface area contributed by atoms with Crippen molar-refractivity contribution >= 4 is 11.9 Å². The van der Waals surface area contributed by atoms with Gasteiger partial charge in [0.25, 0.3) is 0 Å². The van der Waals surface area contributed by atoms with Crippen LogP contribution in [-0.2, 0) is 19.1 Å². The summed E-state index contributed by atoms with van der Waals surface area (Å²) in [5.74, 6) is -0.864. The lowest BCUT2D eigenvalue weighted by Gasteiger charge is -2.13. The van der Waals surface area contributed by atoms with Gasteiger partial charge in [-0.15, -0.1) is 0 Å². The first-order valence-electron chi connectivity index (χ1n) is 4.58. The molecular formula is C10H13NO4. The molecule has 0 aromatic rings. The smallest absolute Gasteiger partial charge is 0.335 e. The monoisotopic (exact) mass is 211 g/mol. The van der Waals surface area contributed by atoms with Gasteiger partial charge in [-0.05, 0) is 6.92 Å². The summed E-state index contributed by atoms with van der Waals surface area (Å²) in [5.41, 5.74) is 0.822. The molecule has 1 heterocycles. The molecule has 0 unspecified atom stereocenters. The average Bonchev–Trinajstić information content (AvgIpc) is 2.28. The van der Waals surface area contributed by atoms with Gasteiger partial charge >= 0.3 is 11.9 Å². The zero-order chi connectivity index (χ0) is 11.3. The van der Waals surface area contributed by atoms with Gasteiger partial charge in [-0.25, -0.2) is 9.59 Å². The van der Waals surface area contributed by atoms with E-state index in [1.807, 2.05) is 0 Å². The number of hydrogen-bond donors (Lipinski definition) is 1. The van der Waals surface area contributed by atoms with E-state index in [0.29, 0.717) is 17.8 Å². The number of methoxy groups -OCH3 is 1. The lowest BCUT2D eigenvalue weighted by Crippen LogP contribution is -2.19. The van der Waals surface area contributed by atoms with Crippen molar-refractivity contribution in [1.82, 2.24) is 5.32 Å². The highest BCUT2D eigenvalue weighted by molar-refractivity contribution is 5.95. The van der Waals surface area contributed by atoms with Crippen LogP contribution in [0.25, 0.3) is 0 Å². The molecule has 0 bridgehead atoms. The Morgan fingerprint density at radius 2 is 1.93 bits per heavy atom. The van der Waals surface area contributed by atoms with Crippen molar-refractivity contribution in [3.8, 4) is 0 Å². The molecule has 0 amide bonds. The summed E-state index contributed by atoms with van der Waals surface area (Å²) < 4.78 is 9.37. The van der Waals surface area contributed by atoms with Crippen molar-refractivity contribution in [2.45, 2.75) is 13.3 Å². The lowest BCUT2D eigenvalue weighted by molar-refractivity contribution is -0.138. The van der Waals surface area contributed by atoms with Crippen LogP contribution >= 0.6 is 0 Å². The first kappa shape index (κ1) is 11.3. The molecule has 0 saturated heterocycles. The number of dihydropyridines is 1. The quantitative estimate of drug-likeness (QED) is 0.688. The fourth-order valence-corrected chi connectivity index (χ4v) is 1.17. The summed E-state index contributed by atoms with van der Waals surface area (Å²) in [6, 6.07) is 0. The van der Waals surface area contributed by atoms with Crippen molar-refractivity contribution in [2.75, 3.05) is 13.7 Å². The maximum Gasteiger partial charge on any atom is 0.335 e. The van der Waals surface area contributed by atoms with E-state index < -0.39 is 11.9 Å². The van der Waals surface area contributed by atoms with Crippen LogP contribution in [-0.4, -0.2) is 25.7 Å². The number of carbonyl (C=O) groups excluding carboxylic acids is 2. The van der Waals surface area contributed by atoms with Gasteiger partial charge in [0.2, 0.25) is 0 Å². The van der Waals surface area contributed by atoms with Crippen LogP contribution in [0.4, 0.5) is 0 Å². The number of ether oxygens (including phenoxy) is 2. The predicted molar refractivity (Wildman–Crippen MR) is 52.6 cm³/mol. The Morgan fingerprint density at radius 3 is 2.47 bits per heavy atom. The van der Waals surface area contributed by atoms with Crippen molar-refractivity contribution < 1.29 is 19.1 Å². The third-order valence-corrected chi connectivity index (χ3v) is 1.88. The highest BCUT2D eigenvalue weighted by atomic mass is 16.5. The Bertz CT molecular complexity index is 330. The summed E-state index contributed by atoms with van der Waals surface area (Å²) in [5, 5.41) is 2.71. The Morgan fingerprint density at radius 1 is 1.33 bits per heavy atom. The second-order valence-electron chi connectivity index (χ2n) is 2.89. The van der Waals surface area contributed by atoms with Gasteiger partial charge in [-0.3, -0.25) is 0 Å². The zero-order valence-electron chi connectivity index (χ0n) is 8.70. The molecule has 82 valence electrons.